The second-order valence-electron chi connectivity index (χ2n) is 4.06. The van der Waals surface area contributed by atoms with Crippen molar-refractivity contribution in [1.82, 2.24) is 15.3 Å². The van der Waals surface area contributed by atoms with Gasteiger partial charge in [-0.3, -0.25) is 9.59 Å². The molecule has 2 rings (SSSR count). The van der Waals surface area contributed by atoms with Crippen LogP contribution in [0.15, 0.2) is 28.6 Å². The van der Waals surface area contributed by atoms with Gasteiger partial charge in [0.15, 0.2) is 0 Å². The Morgan fingerprint density at radius 2 is 2.38 bits per heavy atom. The van der Waals surface area contributed by atoms with Gasteiger partial charge in [0.05, 0.1) is 19.3 Å². The normalized spacial score (nSPS) is 9.76. The van der Waals surface area contributed by atoms with E-state index in [0.29, 0.717) is 13.0 Å². The van der Waals surface area contributed by atoms with Gasteiger partial charge >= 0.3 is 0 Å². The number of aliphatic hydroxyl groups excluding tert-OH is 1. The molecular formula is C14H13N3O3S. The number of carbonyl (C=O) groups is 1. The molecule has 3 N–H and O–H groups in total. The number of carbonyl (C=O) groups excluding carboxylic acids is 1. The smallest absolute Gasteiger partial charge is 0.271 e. The quantitative estimate of drug-likeness (QED) is 0.717. The maximum absolute atomic E-state index is 11.8. The number of amides is 1. The lowest BCUT2D eigenvalue weighted by Crippen LogP contribution is -2.24. The number of H-pyrrole nitrogens is 1. The molecule has 0 spiro atoms. The van der Waals surface area contributed by atoms with E-state index in [4.69, 9.17) is 5.11 Å². The second kappa shape index (κ2) is 7.38. The van der Waals surface area contributed by atoms with Crippen molar-refractivity contribution in [1.29, 1.82) is 0 Å². The van der Waals surface area contributed by atoms with Gasteiger partial charge in [-0.05, 0) is 6.07 Å². The first-order valence-electron chi connectivity index (χ1n) is 6.19. The Kier molecular flexibility index (Phi) is 5.26. The predicted octanol–water partition coefficient (Wildman–Crippen LogP) is 0.495. The molecule has 0 unspecified atom stereocenters. The molecule has 2 aromatic heterocycles. The molecule has 2 aromatic rings. The van der Waals surface area contributed by atoms with Crippen molar-refractivity contribution in [2.75, 3.05) is 6.61 Å². The lowest BCUT2D eigenvalue weighted by Gasteiger charge is -2.01. The minimum absolute atomic E-state index is 0.0478. The van der Waals surface area contributed by atoms with Crippen molar-refractivity contribution in [3.05, 3.63) is 50.3 Å². The van der Waals surface area contributed by atoms with E-state index in [-0.39, 0.29) is 23.8 Å². The second-order valence-corrected chi connectivity index (χ2v) is 5.05. The van der Waals surface area contributed by atoms with E-state index < -0.39 is 0 Å². The summed E-state index contributed by atoms with van der Waals surface area (Å²) in [5.41, 5.74) is 0.671. The third-order valence-electron chi connectivity index (χ3n) is 2.45. The number of aromatic amines is 1. The molecule has 0 atom stereocenters. The largest absolute Gasteiger partial charge is 0.395 e. The van der Waals surface area contributed by atoms with Crippen LogP contribution >= 0.6 is 11.3 Å². The van der Waals surface area contributed by atoms with Crippen LogP contribution < -0.4 is 10.9 Å². The fourth-order valence-electron chi connectivity index (χ4n) is 1.48. The fourth-order valence-corrected chi connectivity index (χ4v) is 2.24. The zero-order valence-electron chi connectivity index (χ0n) is 11.0. The first-order chi connectivity index (χ1) is 10.2. The lowest BCUT2D eigenvalue weighted by atomic mass is 10.3. The van der Waals surface area contributed by atoms with E-state index in [1.165, 1.54) is 17.5 Å². The van der Waals surface area contributed by atoms with Crippen molar-refractivity contribution in [3.63, 3.8) is 0 Å². The van der Waals surface area contributed by atoms with Gasteiger partial charge in [0.25, 0.3) is 11.5 Å². The number of hydrogen-bond acceptors (Lipinski definition) is 5. The summed E-state index contributed by atoms with van der Waals surface area (Å²) in [6.45, 7) is 0.415. The van der Waals surface area contributed by atoms with Gasteiger partial charge in [-0.2, -0.15) is 0 Å². The summed E-state index contributed by atoms with van der Waals surface area (Å²) in [5.74, 6) is 5.41. The van der Waals surface area contributed by atoms with Crippen molar-refractivity contribution < 1.29 is 9.90 Å². The van der Waals surface area contributed by atoms with E-state index in [1.807, 2.05) is 11.4 Å². The van der Waals surface area contributed by atoms with Crippen LogP contribution in [0, 0.1) is 11.8 Å². The summed E-state index contributed by atoms with van der Waals surface area (Å²) in [4.78, 5) is 29.8. The zero-order valence-corrected chi connectivity index (χ0v) is 11.9. The van der Waals surface area contributed by atoms with Crippen molar-refractivity contribution >= 4 is 17.2 Å². The zero-order chi connectivity index (χ0) is 15.1. The minimum Gasteiger partial charge on any atom is -0.395 e. The maximum atomic E-state index is 11.8. The Hall–Kier alpha value is -2.43. The monoisotopic (exact) mass is 303 g/mol. The van der Waals surface area contributed by atoms with E-state index in [1.54, 1.807) is 0 Å². The van der Waals surface area contributed by atoms with Gasteiger partial charge < -0.3 is 15.4 Å². The highest BCUT2D eigenvalue weighted by Gasteiger charge is 2.07. The van der Waals surface area contributed by atoms with E-state index in [9.17, 15) is 9.59 Å². The Morgan fingerprint density at radius 1 is 1.52 bits per heavy atom. The third kappa shape index (κ3) is 4.56. The highest BCUT2D eigenvalue weighted by molar-refractivity contribution is 7.10. The van der Waals surface area contributed by atoms with Crippen LogP contribution in [0.4, 0.5) is 0 Å². The number of thiophene rings is 1. The van der Waals surface area contributed by atoms with Crippen molar-refractivity contribution in [2.24, 2.45) is 0 Å². The molecule has 108 valence electrons. The molecule has 0 saturated carbocycles. The molecule has 7 heteroatoms. The van der Waals surface area contributed by atoms with E-state index >= 15 is 0 Å². The van der Waals surface area contributed by atoms with E-state index in [0.717, 1.165) is 16.6 Å². The molecule has 0 fully saturated rings. The molecule has 0 saturated heterocycles. The number of hydrogen-bond donors (Lipinski definition) is 3. The topological polar surface area (TPSA) is 95.1 Å². The van der Waals surface area contributed by atoms with Crippen LogP contribution in [0.3, 0.4) is 0 Å². The lowest BCUT2D eigenvalue weighted by molar-refractivity contribution is 0.0946. The standard InChI is InChI=1S/C14H13N3O3S/c18-4-2-1-3-10-5-11(21-9-10)6-17-14(20)12-7-16-13(19)8-15-12/h5,7-9,18H,2,4,6H2,(H,16,19)(H,17,20). The van der Waals surface area contributed by atoms with Gasteiger partial charge in [-0.15, -0.1) is 11.3 Å². The Balaban J connectivity index is 1.91. The van der Waals surface area contributed by atoms with E-state index in [2.05, 4.69) is 27.1 Å². The van der Waals surface area contributed by atoms with Crippen LogP contribution in [0.1, 0.15) is 27.3 Å². The molecule has 0 bridgehead atoms. The van der Waals surface area contributed by atoms with Crippen LogP contribution in [-0.2, 0) is 6.54 Å². The van der Waals surface area contributed by atoms with Gasteiger partial charge in [-0.25, -0.2) is 4.98 Å². The Morgan fingerprint density at radius 3 is 3.10 bits per heavy atom. The summed E-state index contributed by atoms with van der Waals surface area (Å²) in [7, 11) is 0. The number of rotatable bonds is 4. The molecule has 21 heavy (non-hydrogen) atoms. The summed E-state index contributed by atoms with van der Waals surface area (Å²) < 4.78 is 0. The molecule has 0 radical (unpaired) electrons. The van der Waals surface area contributed by atoms with Gasteiger partial charge in [-0.1, -0.05) is 11.8 Å². The predicted molar refractivity (Wildman–Crippen MR) is 78.9 cm³/mol. The summed E-state index contributed by atoms with van der Waals surface area (Å²) >= 11 is 1.49. The highest BCUT2D eigenvalue weighted by Crippen LogP contribution is 2.13. The fraction of sp³-hybridized carbons (Fsp3) is 0.214. The number of nitrogens with one attached hydrogen (secondary N) is 2. The summed E-state index contributed by atoms with van der Waals surface area (Å²) in [5, 5.41) is 13.3. The summed E-state index contributed by atoms with van der Waals surface area (Å²) in [6.07, 6.45) is 2.78. The first kappa shape index (κ1) is 15.0. The summed E-state index contributed by atoms with van der Waals surface area (Å²) in [6, 6.07) is 1.88. The first-order valence-corrected chi connectivity index (χ1v) is 7.07. The van der Waals surface area contributed by atoms with Gasteiger partial charge in [0.2, 0.25) is 0 Å². The molecule has 0 aliphatic rings. The third-order valence-corrected chi connectivity index (χ3v) is 3.39. The van der Waals surface area contributed by atoms with Gasteiger partial charge in [0, 0.05) is 28.4 Å². The van der Waals surface area contributed by atoms with Crippen molar-refractivity contribution in [3.8, 4) is 11.8 Å². The Bertz CT molecular complexity index is 719. The molecule has 1 amide bonds. The number of aromatic nitrogens is 2. The minimum atomic E-state index is -0.354. The van der Waals surface area contributed by atoms with Crippen LogP contribution in [0.5, 0.6) is 0 Å². The maximum Gasteiger partial charge on any atom is 0.271 e. The molecule has 0 aromatic carbocycles. The molecule has 6 nitrogen and oxygen atoms in total. The highest BCUT2D eigenvalue weighted by atomic mass is 32.1. The van der Waals surface area contributed by atoms with Crippen molar-refractivity contribution in [2.45, 2.75) is 13.0 Å². The Labute approximate surface area is 124 Å². The molecule has 2 heterocycles. The molecular weight excluding hydrogens is 290 g/mol. The SMILES string of the molecule is O=C(NCc1cc(C#CCCO)cs1)c1c[nH]c(=O)cn1. The molecule has 0 aliphatic carbocycles. The van der Waals surface area contributed by atoms with Crippen LogP contribution in [0.25, 0.3) is 0 Å². The van der Waals surface area contributed by atoms with Crippen LogP contribution in [0.2, 0.25) is 0 Å². The molecule has 0 aliphatic heterocycles. The average Bonchev–Trinajstić information content (AvgIpc) is 2.94. The average molecular weight is 303 g/mol. The number of aliphatic hydroxyl groups is 1. The van der Waals surface area contributed by atoms with Crippen LogP contribution in [-0.4, -0.2) is 27.6 Å². The van der Waals surface area contributed by atoms with Gasteiger partial charge in [0.1, 0.15) is 5.69 Å². The number of nitrogens with zero attached hydrogens (tertiary/aromatic N) is 1.